The lowest BCUT2D eigenvalue weighted by molar-refractivity contribution is -0.143. The van der Waals surface area contributed by atoms with Gasteiger partial charge in [0.2, 0.25) is 5.91 Å². The van der Waals surface area contributed by atoms with E-state index < -0.39 is 12.1 Å². The summed E-state index contributed by atoms with van der Waals surface area (Å²) in [6, 6.07) is -0.548. The van der Waals surface area contributed by atoms with Crippen LogP contribution in [-0.4, -0.2) is 47.4 Å². The molecule has 0 aliphatic carbocycles. The van der Waals surface area contributed by atoms with Crippen LogP contribution in [-0.2, 0) is 14.3 Å². The lowest BCUT2D eigenvalue weighted by atomic mass is 10.0. The third-order valence-electron chi connectivity index (χ3n) is 14.0. The van der Waals surface area contributed by atoms with Gasteiger partial charge in [0, 0.05) is 12.8 Å². The van der Waals surface area contributed by atoms with Gasteiger partial charge in [0.15, 0.2) is 0 Å². The fourth-order valence-electron chi connectivity index (χ4n) is 9.38. The quantitative estimate of drug-likeness (QED) is 0.0321. The molecule has 0 aromatic heterocycles. The predicted octanol–water partition coefficient (Wildman–Crippen LogP) is 18.6. The fourth-order valence-corrected chi connectivity index (χ4v) is 9.38. The fraction of sp³-hybridized carbons (Fsp3) is 0.902. The van der Waals surface area contributed by atoms with Gasteiger partial charge < -0.3 is 20.3 Å². The van der Waals surface area contributed by atoms with Crippen molar-refractivity contribution < 1.29 is 24.5 Å². The van der Waals surface area contributed by atoms with Gasteiger partial charge in [-0.3, -0.25) is 9.59 Å². The molecule has 0 saturated carbocycles. The van der Waals surface area contributed by atoms with E-state index in [2.05, 4.69) is 43.5 Å². The minimum absolute atomic E-state index is 0.0102. The van der Waals surface area contributed by atoms with E-state index >= 15 is 0 Å². The first-order chi connectivity index (χ1) is 33.0. The van der Waals surface area contributed by atoms with Crippen LogP contribution in [0.3, 0.4) is 0 Å². The molecule has 0 saturated heterocycles. The Morgan fingerprint density at radius 3 is 1.16 bits per heavy atom. The van der Waals surface area contributed by atoms with Gasteiger partial charge in [-0.25, -0.2) is 0 Å². The van der Waals surface area contributed by atoms with E-state index in [1.807, 2.05) is 0 Å². The van der Waals surface area contributed by atoms with Gasteiger partial charge in [0.1, 0.15) is 0 Å². The Kier molecular flexibility index (Phi) is 55.5. The number of aliphatic hydroxyl groups is 2. The van der Waals surface area contributed by atoms with Gasteiger partial charge in [-0.05, 0) is 57.8 Å². The molecule has 67 heavy (non-hydrogen) atoms. The van der Waals surface area contributed by atoms with Crippen molar-refractivity contribution >= 4 is 11.9 Å². The first-order valence-electron chi connectivity index (χ1n) is 30.1. The second-order valence-corrected chi connectivity index (χ2v) is 20.7. The van der Waals surface area contributed by atoms with Crippen LogP contribution in [0.2, 0.25) is 0 Å². The minimum atomic E-state index is -0.670. The highest BCUT2D eigenvalue weighted by Crippen LogP contribution is 2.18. The first-order valence-corrected chi connectivity index (χ1v) is 30.1. The number of allylic oxidation sites excluding steroid dienone is 4. The molecule has 0 spiro atoms. The summed E-state index contributed by atoms with van der Waals surface area (Å²) in [5.41, 5.74) is 0. The zero-order valence-electron chi connectivity index (χ0n) is 45.1. The van der Waals surface area contributed by atoms with Crippen molar-refractivity contribution in [2.24, 2.45) is 0 Å². The van der Waals surface area contributed by atoms with E-state index in [1.54, 1.807) is 0 Å². The molecule has 6 heteroatoms. The molecule has 0 aliphatic rings. The third-order valence-corrected chi connectivity index (χ3v) is 14.0. The molecular formula is C61H117NO5. The predicted molar refractivity (Wildman–Crippen MR) is 292 cm³/mol. The summed E-state index contributed by atoms with van der Waals surface area (Å²) < 4.78 is 5.47. The number of carbonyl (C=O) groups excluding carboxylic acids is 2. The summed E-state index contributed by atoms with van der Waals surface area (Å²) in [5, 5.41) is 23.3. The van der Waals surface area contributed by atoms with Crippen LogP contribution >= 0.6 is 0 Å². The van der Waals surface area contributed by atoms with Gasteiger partial charge in [0.05, 0.1) is 25.4 Å². The molecular weight excluding hydrogens is 827 g/mol. The van der Waals surface area contributed by atoms with Crippen LogP contribution in [0.4, 0.5) is 0 Å². The Labute approximate surface area is 418 Å². The van der Waals surface area contributed by atoms with Crippen molar-refractivity contribution in [1.82, 2.24) is 5.32 Å². The highest BCUT2D eigenvalue weighted by atomic mass is 16.5. The van der Waals surface area contributed by atoms with Crippen molar-refractivity contribution in [1.29, 1.82) is 0 Å². The van der Waals surface area contributed by atoms with E-state index in [-0.39, 0.29) is 18.5 Å². The van der Waals surface area contributed by atoms with Crippen LogP contribution in [0.25, 0.3) is 0 Å². The van der Waals surface area contributed by atoms with Crippen molar-refractivity contribution in [3.05, 3.63) is 24.3 Å². The van der Waals surface area contributed by atoms with Crippen LogP contribution in [0.5, 0.6) is 0 Å². The van der Waals surface area contributed by atoms with E-state index in [4.69, 9.17) is 4.74 Å². The van der Waals surface area contributed by atoms with Crippen molar-refractivity contribution in [3.8, 4) is 0 Å². The average Bonchev–Trinajstić information content (AvgIpc) is 3.33. The Morgan fingerprint density at radius 2 is 0.746 bits per heavy atom. The van der Waals surface area contributed by atoms with Gasteiger partial charge in [-0.2, -0.15) is 0 Å². The number of amides is 1. The van der Waals surface area contributed by atoms with Crippen molar-refractivity contribution in [2.75, 3.05) is 13.2 Å². The second kappa shape index (κ2) is 56.9. The Bertz CT molecular complexity index is 1040. The lowest BCUT2D eigenvalue weighted by Crippen LogP contribution is -2.45. The van der Waals surface area contributed by atoms with E-state index in [9.17, 15) is 19.8 Å². The molecule has 396 valence electrons. The van der Waals surface area contributed by atoms with E-state index in [0.717, 1.165) is 57.8 Å². The second-order valence-electron chi connectivity index (χ2n) is 20.7. The summed E-state index contributed by atoms with van der Waals surface area (Å²) in [7, 11) is 0. The topological polar surface area (TPSA) is 95.9 Å². The van der Waals surface area contributed by atoms with Crippen LogP contribution in [0, 0.1) is 0 Å². The first kappa shape index (κ1) is 65.3. The number of ether oxygens (including phenoxy) is 1. The van der Waals surface area contributed by atoms with E-state index in [0.29, 0.717) is 25.9 Å². The number of unbranched alkanes of at least 4 members (excludes halogenated alkanes) is 41. The molecule has 0 rings (SSSR count). The number of hydrogen-bond donors (Lipinski definition) is 3. The molecule has 1 amide bonds. The van der Waals surface area contributed by atoms with Gasteiger partial charge >= 0.3 is 5.97 Å². The SMILES string of the molecule is CCCCC/C=C\C/C=C\CCCCCCCC(=O)OCCCCCCCCCCCCCCCCCCC(=O)NC(CO)C(O)CCCCCCCCCCCCCCCCCCCCC. The molecule has 0 aromatic carbocycles. The molecule has 0 bridgehead atoms. The van der Waals surface area contributed by atoms with Crippen molar-refractivity contribution in [2.45, 2.75) is 341 Å². The Hall–Kier alpha value is -1.66. The molecule has 0 heterocycles. The smallest absolute Gasteiger partial charge is 0.305 e. The highest BCUT2D eigenvalue weighted by Gasteiger charge is 2.20. The summed E-state index contributed by atoms with van der Waals surface area (Å²) >= 11 is 0. The molecule has 2 atom stereocenters. The molecule has 3 N–H and O–H groups in total. The highest BCUT2D eigenvalue weighted by molar-refractivity contribution is 5.76. The maximum atomic E-state index is 12.5. The molecule has 0 radical (unpaired) electrons. The molecule has 0 aliphatic heterocycles. The van der Waals surface area contributed by atoms with Crippen LogP contribution in [0.1, 0.15) is 328 Å². The lowest BCUT2D eigenvalue weighted by Gasteiger charge is -2.22. The Morgan fingerprint density at radius 1 is 0.418 bits per heavy atom. The third kappa shape index (κ3) is 53.5. The van der Waals surface area contributed by atoms with Gasteiger partial charge in [0.25, 0.3) is 0 Å². The maximum absolute atomic E-state index is 12.5. The normalized spacial score (nSPS) is 12.7. The molecule has 0 aromatic rings. The zero-order valence-corrected chi connectivity index (χ0v) is 45.1. The molecule has 6 nitrogen and oxygen atoms in total. The summed E-state index contributed by atoms with van der Waals surface area (Å²) in [4.78, 5) is 24.6. The molecule has 0 fully saturated rings. The number of esters is 1. The summed E-state index contributed by atoms with van der Waals surface area (Å²) in [6.45, 7) is 4.93. The number of aliphatic hydroxyl groups excluding tert-OH is 2. The van der Waals surface area contributed by atoms with Gasteiger partial charge in [-0.1, -0.05) is 282 Å². The average molecular weight is 945 g/mol. The number of carbonyl (C=O) groups is 2. The number of hydrogen-bond acceptors (Lipinski definition) is 5. The molecule has 2 unspecified atom stereocenters. The maximum Gasteiger partial charge on any atom is 0.305 e. The monoisotopic (exact) mass is 944 g/mol. The Balaban J connectivity index is 3.43. The van der Waals surface area contributed by atoms with E-state index in [1.165, 1.54) is 238 Å². The largest absolute Gasteiger partial charge is 0.466 e. The summed E-state index contributed by atoms with van der Waals surface area (Å²) in [6.07, 6.45) is 68.8. The number of rotatable bonds is 56. The zero-order chi connectivity index (χ0) is 48.6. The van der Waals surface area contributed by atoms with Crippen molar-refractivity contribution in [3.63, 3.8) is 0 Å². The van der Waals surface area contributed by atoms with Crippen LogP contribution < -0.4 is 5.32 Å². The standard InChI is InChI=1S/C61H117NO5/c1-3-5-7-9-11-13-15-17-19-20-21-22-26-29-33-37-41-45-49-53-59(64)58(57-63)62-60(65)54-50-46-42-38-34-30-27-23-24-28-32-36-40-44-48-52-56-67-61(66)55-51-47-43-39-35-31-25-18-16-14-12-10-8-6-4-2/h12,14,18,25,58-59,63-64H,3-11,13,15-17,19-24,26-57H2,1-2H3,(H,62,65)/b14-12-,25-18-. The van der Waals surface area contributed by atoms with Gasteiger partial charge in [-0.15, -0.1) is 0 Å². The minimum Gasteiger partial charge on any atom is -0.466 e. The van der Waals surface area contributed by atoms with Crippen LogP contribution in [0.15, 0.2) is 24.3 Å². The summed E-state index contributed by atoms with van der Waals surface area (Å²) in [5.74, 6) is -0.0497. The number of nitrogens with one attached hydrogen (secondary N) is 1.